The summed E-state index contributed by atoms with van der Waals surface area (Å²) >= 11 is 0. The highest BCUT2D eigenvalue weighted by molar-refractivity contribution is 6.00. The molecule has 0 aliphatic carbocycles. The fourth-order valence-corrected chi connectivity index (χ4v) is 2.48. The van der Waals surface area contributed by atoms with Gasteiger partial charge in [-0.1, -0.05) is 26.0 Å². The molecule has 0 heterocycles. The summed E-state index contributed by atoms with van der Waals surface area (Å²) in [6, 6.07) is 9.77. The molecule has 132 valence electrons. The predicted molar refractivity (Wildman–Crippen MR) is 99.8 cm³/mol. The number of urea groups is 1. The molecule has 26 heavy (non-hydrogen) atoms. The quantitative estimate of drug-likeness (QED) is 0.597. The molecule has 7 nitrogen and oxygen atoms in total. The van der Waals surface area contributed by atoms with Gasteiger partial charge in [0.1, 0.15) is 0 Å². The van der Waals surface area contributed by atoms with Crippen LogP contribution in [0.1, 0.15) is 25.0 Å². The second-order valence-corrected chi connectivity index (χ2v) is 5.38. The third kappa shape index (κ3) is 4.74. The smallest absolute Gasteiger partial charge is 0.308 e. The third-order valence-corrected chi connectivity index (χ3v) is 3.78. The molecule has 0 aliphatic rings. The van der Waals surface area contributed by atoms with Crippen LogP contribution in [0.25, 0.3) is 0 Å². The van der Waals surface area contributed by atoms with Crippen LogP contribution in [0.4, 0.5) is 27.5 Å². The lowest BCUT2D eigenvalue weighted by Gasteiger charge is -2.11. The Bertz CT molecular complexity index is 837. The van der Waals surface area contributed by atoms with Gasteiger partial charge in [-0.05, 0) is 48.2 Å². The molecule has 0 fully saturated rings. The first-order valence-corrected chi connectivity index (χ1v) is 8.10. The molecule has 0 bridgehead atoms. The second kappa shape index (κ2) is 9.08. The predicted octanol–water partition coefficient (Wildman–Crippen LogP) is 4.39. The summed E-state index contributed by atoms with van der Waals surface area (Å²) < 4.78 is 0. The van der Waals surface area contributed by atoms with Crippen molar-refractivity contribution >= 4 is 40.9 Å². The van der Waals surface area contributed by atoms with E-state index in [2.05, 4.69) is 20.6 Å². The summed E-state index contributed by atoms with van der Waals surface area (Å²) in [6.07, 6.45) is 4.44. The summed E-state index contributed by atoms with van der Waals surface area (Å²) in [5.41, 5.74) is 3.68. The van der Waals surface area contributed by atoms with Gasteiger partial charge in [0.25, 0.3) is 0 Å². The number of anilines is 2. The van der Waals surface area contributed by atoms with Gasteiger partial charge in [0, 0.05) is 11.4 Å². The standard InChI is InChI=1S/C19H18N4O3/c1-3-13-5-7-15(9-17(13)20-11-24)22-19(26)23-16-8-6-14(4-2)18(10-16)21-12-25/h5-10H,3-4H2,1-2H3,(H2,22,23,26). The first-order chi connectivity index (χ1) is 12.6. The molecule has 2 aromatic carbocycles. The molecule has 0 radical (unpaired) electrons. The number of benzene rings is 2. The van der Waals surface area contributed by atoms with Crippen molar-refractivity contribution in [3.05, 3.63) is 47.5 Å². The number of nitrogens with one attached hydrogen (secondary N) is 2. The van der Waals surface area contributed by atoms with Gasteiger partial charge in [-0.2, -0.15) is 9.98 Å². The van der Waals surface area contributed by atoms with Crippen molar-refractivity contribution in [2.75, 3.05) is 10.6 Å². The van der Waals surface area contributed by atoms with Gasteiger partial charge in [-0.3, -0.25) is 0 Å². The van der Waals surface area contributed by atoms with Crippen LogP contribution < -0.4 is 10.6 Å². The molecule has 0 spiro atoms. The van der Waals surface area contributed by atoms with Crippen molar-refractivity contribution in [1.29, 1.82) is 0 Å². The second-order valence-electron chi connectivity index (χ2n) is 5.38. The number of amides is 2. The zero-order valence-electron chi connectivity index (χ0n) is 14.5. The monoisotopic (exact) mass is 350 g/mol. The normalized spacial score (nSPS) is 9.62. The summed E-state index contributed by atoms with van der Waals surface area (Å²) in [7, 11) is 0. The molecule has 0 unspecified atom stereocenters. The van der Waals surface area contributed by atoms with E-state index in [4.69, 9.17) is 0 Å². The molecule has 2 rings (SSSR count). The average molecular weight is 350 g/mol. The van der Waals surface area contributed by atoms with Crippen LogP contribution in [-0.4, -0.2) is 18.2 Å². The zero-order chi connectivity index (χ0) is 18.9. The van der Waals surface area contributed by atoms with E-state index in [-0.39, 0.29) is 0 Å². The van der Waals surface area contributed by atoms with E-state index >= 15 is 0 Å². The maximum Gasteiger partial charge on any atom is 0.323 e. The summed E-state index contributed by atoms with van der Waals surface area (Å²) in [6.45, 7) is 3.89. The van der Waals surface area contributed by atoms with Gasteiger partial charge in [0.05, 0.1) is 11.4 Å². The number of carbonyl (C=O) groups excluding carboxylic acids is 3. The Kier molecular flexibility index (Phi) is 6.57. The van der Waals surface area contributed by atoms with Gasteiger partial charge >= 0.3 is 6.03 Å². The molecule has 0 atom stereocenters. The Balaban J connectivity index is 2.16. The van der Waals surface area contributed by atoms with Crippen LogP contribution in [0.3, 0.4) is 0 Å². The van der Waals surface area contributed by atoms with Crippen LogP contribution in [0.2, 0.25) is 0 Å². The molecule has 2 amide bonds. The lowest BCUT2D eigenvalue weighted by molar-refractivity contribution is 0.262. The van der Waals surface area contributed by atoms with Crippen molar-refractivity contribution in [2.45, 2.75) is 26.7 Å². The number of aliphatic imine (C=N–C) groups is 2. The Morgan fingerprint density at radius 3 is 1.62 bits per heavy atom. The minimum absolute atomic E-state index is 0.468. The lowest BCUT2D eigenvalue weighted by Crippen LogP contribution is -2.19. The van der Waals surface area contributed by atoms with Crippen LogP contribution >= 0.6 is 0 Å². The van der Waals surface area contributed by atoms with E-state index in [1.165, 1.54) is 12.2 Å². The molecule has 2 aromatic rings. The molecular formula is C19H18N4O3. The number of hydrogen-bond donors (Lipinski definition) is 2. The van der Waals surface area contributed by atoms with E-state index in [1.54, 1.807) is 36.4 Å². The Labute approximate surface area is 150 Å². The maximum atomic E-state index is 12.2. The van der Waals surface area contributed by atoms with Crippen molar-refractivity contribution in [3.63, 3.8) is 0 Å². The number of carbonyl (C=O) groups is 1. The minimum atomic E-state index is -0.472. The van der Waals surface area contributed by atoms with Crippen molar-refractivity contribution in [2.24, 2.45) is 9.98 Å². The van der Waals surface area contributed by atoms with Crippen LogP contribution in [0.5, 0.6) is 0 Å². The molecule has 0 aromatic heterocycles. The van der Waals surface area contributed by atoms with E-state index in [0.717, 1.165) is 11.1 Å². The van der Waals surface area contributed by atoms with Crippen LogP contribution in [-0.2, 0) is 22.4 Å². The highest BCUT2D eigenvalue weighted by Gasteiger charge is 2.08. The van der Waals surface area contributed by atoms with Gasteiger partial charge in [-0.25, -0.2) is 14.4 Å². The molecule has 7 heteroatoms. The fraction of sp³-hybridized carbons (Fsp3) is 0.211. The maximum absolute atomic E-state index is 12.2. The fourth-order valence-electron chi connectivity index (χ4n) is 2.48. The summed E-state index contributed by atoms with van der Waals surface area (Å²) in [5.74, 6) is 0. The van der Waals surface area contributed by atoms with E-state index in [9.17, 15) is 14.4 Å². The molecule has 2 N–H and O–H groups in total. The van der Waals surface area contributed by atoms with Crippen molar-refractivity contribution < 1.29 is 14.4 Å². The molecule has 0 saturated heterocycles. The first kappa shape index (κ1) is 18.8. The van der Waals surface area contributed by atoms with Gasteiger partial charge < -0.3 is 10.6 Å². The number of aryl methyl sites for hydroxylation is 2. The van der Waals surface area contributed by atoms with Gasteiger partial charge in [-0.15, -0.1) is 0 Å². The summed E-state index contributed by atoms with van der Waals surface area (Å²) in [4.78, 5) is 40.6. The Morgan fingerprint density at radius 1 is 0.846 bits per heavy atom. The number of nitrogens with zero attached hydrogens (tertiary/aromatic N) is 2. The van der Waals surface area contributed by atoms with Crippen LogP contribution in [0, 0.1) is 0 Å². The van der Waals surface area contributed by atoms with Gasteiger partial charge in [0.15, 0.2) is 0 Å². The molecular weight excluding hydrogens is 332 g/mol. The number of rotatable bonds is 6. The largest absolute Gasteiger partial charge is 0.323 e. The average Bonchev–Trinajstić information content (AvgIpc) is 2.63. The Morgan fingerprint density at radius 2 is 1.27 bits per heavy atom. The van der Waals surface area contributed by atoms with Crippen LogP contribution in [0.15, 0.2) is 46.4 Å². The highest BCUT2D eigenvalue weighted by atomic mass is 16.2. The van der Waals surface area contributed by atoms with Crippen molar-refractivity contribution in [3.8, 4) is 0 Å². The van der Waals surface area contributed by atoms with E-state index in [1.807, 2.05) is 13.8 Å². The molecule has 0 aliphatic heterocycles. The topological polar surface area (TPSA) is 100.0 Å². The number of isocyanates is 2. The van der Waals surface area contributed by atoms with E-state index < -0.39 is 6.03 Å². The first-order valence-electron chi connectivity index (χ1n) is 8.10. The SMILES string of the molecule is CCc1ccc(NC(=O)Nc2ccc(CC)c(N=C=O)c2)cc1N=C=O. The highest BCUT2D eigenvalue weighted by Crippen LogP contribution is 2.26. The number of hydrogen-bond acceptors (Lipinski definition) is 5. The molecule has 0 saturated carbocycles. The minimum Gasteiger partial charge on any atom is -0.308 e. The third-order valence-electron chi connectivity index (χ3n) is 3.78. The summed E-state index contributed by atoms with van der Waals surface area (Å²) in [5, 5.41) is 5.35. The van der Waals surface area contributed by atoms with Crippen molar-refractivity contribution in [1.82, 2.24) is 0 Å². The Hall–Kier alpha value is -3.53. The zero-order valence-corrected chi connectivity index (χ0v) is 14.5. The van der Waals surface area contributed by atoms with Gasteiger partial charge in [0.2, 0.25) is 12.2 Å². The van der Waals surface area contributed by atoms with E-state index in [0.29, 0.717) is 35.6 Å². The lowest BCUT2D eigenvalue weighted by atomic mass is 10.1.